The van der Waals surface area contributed by atoms with Crippen molar-refractivity contribution in [1.82, 2.24) is 20.2 Å². The first-order valence-corrected chi connectivity index (χ1v) is 10.5. The third-order valence-corrected chi connectivity index (χ3v) is 5.81. The van der Waals surface area contributed by atoms with E-state index in [-0.39, 0.29) is 26.7 Å². The molecule has 2 aromatic heterocycles. The van der Waals surface area contributed by atoms with Crippen LogP contribution < -0.4 is 10.0 Å². The number of nitrogens with one attached hydrogen (secondary N) is 3. The molecule has 0 saturated carbocycles. The van der Waals surface area contributed by atoms with E-state index >= 15 is 0 Å². The highest BCUT2D eigenvalue weighted by molar-refractivity contribution is 9.10. The normalized spacial score (nSPS) is 11.2. The number of aromatic nitrogens is 4. The van der Waals surface area contributed by atoms with Gasteiger partial charge < -0.3 is 15.4 Å². The van der Waals surface area contributed by atoms with Crippen LogP contribution in [0, 0.1) is 24.0 Å². The van der Waals surface area contributed by atoms with Gasteiger partial charge in [-0.2, -0.15) is 0 Å². The molecule has 0 unspecified atom stereocenters. The lowest BCUT2D eigenvalue weighted by molar-refractivity contribution is -0.390. The van der Waals surface area contributed by atoms with Crippen molar-refractivity contribution in [3.8, 4) is 0 Å². The number of sulfonamides is 1. The zero-order chi connectivity index (χ0) is 22.1. The molecule has 0 atom stereocenters. The fourth-order valence-electron chi connectivity index (χ4n) is 2.45. The topological polar surface area (TPSA) is 173 Å². The Balaban J connectivity index is 1.75. The summed E-state index contributed by atoms with van der Waals surface area (Å²) in [6.07, 6.45) is 0. The van der Waals surface area contributed by atoms with Crippen LogP contribution in [-0.4, -0.2) is 39.4 Å². The Kier molecular flexibility index (Phi) is 5.80. The van der Waals surface area contributed by atoms with Gasteiger partial charge in [0.1, 0.15) is 4.47 Å². The van der Waals surface area contributed by atoms with Gasteiger partial charge in [-0.05, 0) is 65.0 Å². The standard InChI is InChI=1S/C16H14BrN7O5S/c1-8-7-9(2)19-16(18-8)23-30(28,29)11-5-3-10(4-6-11)20-15(25)13-12(17)14(22-21-13)24(26)27/h3-7H,1-2H3,(H,20,25)(H,21,22)(H,18,19,23). The molecule has 1 aromatic carbocycles. The minimum absolute atomic E-state index is 0.0464. The van der Waals surface area contributed by atoms with Crippen molar-refractivity contribution in [2.45, 2.75) is 18.7 Å². The van der Waals surface area contributed by atoms with Gasteiger partial charge in [0.25, 0.3) is 15.9 Å². The molecule has 30 heavy (non-hydrogen) atoms. The van der Waals surface area contributed by atoms with Gasteiger partial charge in [-0.3, -0.25) is 4.79 Å². The summed E-state index contributed by atoms with van der Waals surface area (Å²) in [5.74, 6) is -1.22. The molecule has 3 N–H and O–H groups in total. The van der Waals surface area contributed by atoms with Crippen molar-refractivity contribution >= 4 is 49.3 Å². The molecule has 0 saturated heterocycles. The van der Waals surface area contributed by atoms with Gasteiger partial charge in [0.15, 0.2) is 5.69 Å². The zero-order valence-corrected chi connectivity index (χ0v) is 17.9. The van der Waals surface area contributed by atoms with Gasteiger partial charge in [0, 0.05) is 17.1 Å². The van der Waals surface area contributed by atoms with Crippen molar-refractivity contribution in [2.75, 3.05) is 10.0 Å². The lowest BCUT2D eigenvalue weighted by Gasteiger charge is -2.09. The maximum absolute atomic E-state index is 12.5. The number of amides is 1. The number of rotatable bonds is 6. The summed E-state index contributed by atoms with van der Waals surface area (Å²) in [4.78, 5) is 30.4. The quantitative estimate of drug-likeness (QED) is 0.345. The number of halogens is 1. The third kappa shape index (κ3) is 4.60. The smallest absolute Gasteiger partial charge is 0.357 e. The van der Waals surface area contributed by atoms with E-state index in [1.807, 2.05) is 0 Å². The van der Waals surface area contributed by atoms with Crippen molar-refractivity contribution < 1.29 is 18.1 Å². The maximum Gasteiger partial charge on any atom is 0.357 e. The number of H-pyrrole nitrogens is 1. The minimum atomic E-state index is -3.94. The lowest BCUT2D eigenvalue weighted by Crippen LogP contribution is -2.16. The highest BCUT2D eigenvalue weighted by Gasteiger charge is 2.25. The molecule has 2 heterocycles. The van der Waals surface area contributed by atoms with Crippen LogP contribution in [0.1, 0.15) is 21.9 Å². The van der Waals surface area contributed by atoms with Crippen LogP contribution in [0.5, 0.6) is 0 Å². The van der Waals surface area contributed by atoms with Crippen LogP contribution in [0.3, 0.4) is 0 Å². The number of anilines is 2. The largest absolute Gasteiger partial charge is 0.358 e. The molecule has 0 aliphatic rings. The molecule has 3 aromatic rings. The van der Waals surface area contributed by atoms with E-state index in [1.54, 1.807) is 19.9 Å². The van der Waals surface area contributed by atoms with E-state index in [4.69, 9.17) is 0 Å². The molecule has 0 aliphatic heterocycles. The van der Waals surface area contributed by atoms with Gasteiger partial charge in [0.05, 0.1) is 4.90 Å². The summed E-state index contributed by atoms with van der Waals surface area (Å²) in [5.41, 5.74) is 1.28. The summed E-state index contributed by atoms with van der Waals surface area (Å²) < 4.78 is 27.3. The monoisotopic (exact) mass is 495 g/mol. The second kappa shape index (κ2) is 8.16. The molecule has 156 valence electrons. The van der Waals surface area contributed by atoms with E-state index in [2.05, 4.69) is 46.1 Å². The predicted molar refractivity (Wildman–Crippen MR) is 110 cm³/mol. The number of carbonyl (C=O) groups excluding carboxylic acids is 1. The average Bonchev–Trinajstić information content (AvgIpc) is 3.02. The second-order valence-corrected chi connectivity index (χ2v) is 8.53. The fourth-order valence-corrected chi connectivity index (χ4v) is 3.90. The molecule has 0 bridgehead atoms. The first-order valence-electron chi connectivity index (χ1n) is 8.21. The van der Waals surface area contributed by atoms with E-state index in [1.165, 1.54) is 24.3 Å². The number of hydrogen-bond donors (Lipinski definition) is 3. The lowest BCUT2D eigenvalue weighted by atomic mass is 10.3. The number of aromatic amines is 1. The minimum Gasteiger partial charge on any atom is -0.358 e. The van der Waals surface area contributed by atoms with Crippen LogP contribution in [0.25, 0.3) is 0 Å². The number of aryl methyl sites for hydroxylation is 2. The van der Waals surface area contributed by atoms with Crippen LogP contribution in [0.2, 0.25) is 0 Å². The summed E-state index contributed by atoms with van der Waals surface area (Å²) in [7, 11) is -3.94. The molecule has 12 nitrogen and oxygen atoms in total. The van der Waals surface area contributed by atoms with Crippen LogP contribution in [0.4, 0.5) is 17.5 Å². The second-order valence-electron chi connectivity index (χ2n) is 6.05. The SMILES string of the molecule is Cc1cc(C)nc(NS(=O)(=O)c2ccc(NC(=O)c3n[nH]c([N+](=O)[O-])c3Br)cc2)n1. The molecular weight excluding hydrogens is 482 g/mol. The molecule has 0 radical (unpaired) electrons. The number of hydrogen-bond acceptors (Lipinski definition) is 8. The first kappa shape index (κ1) is 21.3. The summed E-state index contributed by atoms with van der Waals surface area (Å²) in [6.45, 7) is 3.44. The zero-order valence-electron chi connectivity index (χ0n) is 15.5. The molecule has 0 aliphatic carbocycles. The Morgan fingerprint density at radius 1 is 1.17 bits per heavy atom. The predicted octanol–water partition coefficient (Wildman–Crippen LogP) is 2.54. The van der Waals surface area contributed by atoms with Gasteiger partial charge in [-0.1, -0.05) is 5.10 Å². The third-order valence-electron chi connectivity index (χ3n) is 3.72. The highest BCUT2D eigenvalue weighted by atomic mass is 79.9. The van der Waals surface area contributed by atoms with Gasteiger partial charge >= 0.3 is 5.82 Å². The molecule has 0 fully saturated rings. The number of carbonyl (C=O) groups is 1. The van der Waals surface area contributed by atoms with E-state index in [0.717, 1.165) is 0 Å². The molecule has 14 heteroatoms. The Hall–Kier alpha value is -3.39. The van der Waals surface area contributed by atoms with Crippen LogP contribution >= 0.6 is 15.9 Å². The molecular formula is C16H14BrN7O5S. The Bertz CT molecular complexity index is 1220. The maximum atomic E-state index is 12.5. The van der Waals surface area contributed by atoms with Gasteiger partial charge in [-0.25, -0.2) is 23.1 Å². The van der Waals surface area contributed by atoms with Crippen LogP contribution in [-0.2, 0) is 10.0 Å². The summed E-state index contributed by atoms with van der Waals surface area (Å²) >= 11 is 2.95. The van der Waals surface area contributed by atoms with Crippen molar-refractivity contribution in [1.29, 1.82) is 0 Å². The van der Waals surface area contributed by atoms with Crippen LogP contribution in [0.15, 0.2) is 39.7 Å². The fraction of sp³-hybridized carbons (Fsp3) is 0.125. The van der Waals surface area contributed by atoms with E-state index in [9.17, 15) is 23.3 Å². The van der Waals surface area contributed by atoms with Gasteiger partial charge in [0.2, 0.25) is 5.95 Å². The number of benzene rings is 1. The number of nitrogens with zero attached hydrogens (tertiary/aromatic N) is 4. The van der Waals surface area contributed by atoms with Crippen molar-refractivity contribution in [2.24, 2.45) is 0 Å². The van der Waals surface area contributed by atoms with E-state index in [0.29, 0.717) is 11.4 Å². The molecule has 0 spiro atoms. The Morgan fingerprint density at radius 3 is 2.30 bits per heavy atom. The Morgan fingerprint density at radius 2 is 1.77 bits per heavy atom. The molecule has 3 rings (SSSR count). The summed E-state index contributed by atoms with van der Waals surface area (Å²) in [6, 6.07) is 7.00. The van der Waals surface area contributed by atoms with Crippen molar-refractivity contribution in [3.05, 3.63) is 62.0 Å². The highest BCUT2D eigenvalue weighted by Crippen LogP contribution is 2.26. The molecule has 1 amide bonds. The van der Waals surface area contributed by atoms with Crippen molar-refractivity contribution in [3.63, 3.8) is 0 Å². The van der Waals surface area contributed by atoms with E-state index < -0.39 is 26.7 Å². The van der Waals surface area contributed by atoms with Gasteiger partial charge in [-0.15, -0.1) is 5.10 Å². The average molecular weight is 496 g/mol. The number of nitro groups is 1. The first-order chi connectivity index (χ1) is 14.1. The summed E-state index contributed by atoms with van der Waals surface area (Å²) in [5, 5.41) is 19.0. The Labute approximate surface area is 178 Å².